The molecule has 0 saturated heterocycles. The molecule has 0 aromatic carbocycles. The van der Waals surface area contributed by atoms with Gasteiger partial charge in [-0.2, -0.15) is 0 Å². The summed E-state index contributed by atoms with van der Waals surface area (Å²) in [4.78, 5) is 0. The minimum Gasteiger partial charge on any atom is -0.336 e. The molecule has 0 aliphatic heterocycles. The molecule has 0 atom stereocenters. The minimum atomic E-state index is 0. The van der Waals surface area contributed by atoms with Crippen LogP contribution in [0.5, 0.6) is 0 Å². The Morgan fingerprint density at radius 2 is 1.33 bits per heavy atom. The maximum absolute atomic E-state index is 5.23. The summed E-state index contributed by atoms with van der Waals surface area (Å²) < 4.78 is 10.5. The predicted octanol–water partition coefficient (Wildman–Crippen LogP) is 3.76. The Balaban J connectivity index is 0. The van der Waals surface area contributed by atoms with Crippen molar-refractivity contribution in [2.45, 2.75) is 47.0 Å². The fraction of sp³-hybridized carbons (Fsp3) is 1.00. The fourth-order valence-electron chi connectivity index (χ4n) is 0.558. The fourth-order valence-corrected chi connectivity index (χ4v) is 1.10. The first-order chi connectivity index (χ1) is 5.41. The highest BCUT2D eigenvalue weighted by atomic mass is 31.1. The minimum absolute atomic E-state index is 0. The highest BCUT2D eigenvalue weighted by Crippen LogP contribution is 2.14. The maximum atomic E-state index is 5.23. The first-order valence-corrected chi connectivity index (χ1v) is 5.22. The summed E-state index contributed by atoms with van der Waals surface area (Å²) in [6.07, 6.45) is 4.67. The lowest BCUT2D eigenvalue weighted by Crippen LogP contribution is -1.87. The van der Waals surface area contributed by atoms with E-state index < -0.39 is 0 Å². The molecule has 0 bridgehead atoms. The summed E-state index contributed by atoms with van der Waals surface area (Å²) in [6.45, 7) is 6.01. The van der Waals surface area contributed by atoms with Crippen LogP contribution in [0.1, 0.15) is 47.0 Å². The van der Waals surface area contributed by atoms with Gasteiger partial charge in [0.2, 0.25) is 0 Å². The zero-order chi connectivity index (χ0) is 8.36. The molecule has 0 radical (unpaired) electrons. The van der Waals surface area contributed by atoms with Crippen molar-refractivity contribution in [1.82, 2.24) is 0 Å². The lowest BCUT2D eigenvalue weighted by atomic mass is 10.4. The molecule has 0 saturated carbocycles. The van der Waals surface area contributed by atoms with Crippen molar-refractivity contribution < 1.29 is 9.05 Å². The van der Waals surface area contributed by atoms with Gasteiger partial charge in [-0.05, 0) is 12.8 Å². The molecule has 12 heavy (non-hydrogen) atoms. The molecule has 0 aliphatic carbocycles. The average molecular weight is 194 g/mol. The van der Waals surface area contributed by atoms with Gasteiger partial charge in [0.25, 0.3) is 0 Å². The van der Waals surface area contributed by atoms with E-state index in [1.165, 1.54) is 12.8 Å². The Kier molecular flexibility index (Phi) is 17.2. The predicted molar refractivity (Wildman–Crippen MR) is 56.8 cm³/mol. The van der Waals surface area contributed by atoms with Crippen LogP contribution in [0.2, 0.25) is 0 Å². The van der Waals surface area contributed by atoms with Crippen LogP contribution in [0.15, 0.2) is 0 Å². The molecule has 0 aromatic rings. The first-order valence-electron chi connectivity index (χ1n) is 4.40. The number of hydrogen-bond donors (Lipinski definition) is 0. The molecule has 3 heteroatoms. The van der Waals surface area contributed by atoms with Crippen LogP contribution in [0.3, 0.4) is 0 Å². The van der Waals surface area contributed by atoms with E-state index in [1.54, 1.807) is 0 Å². The van der Waals surface area contributed by atoms with Crippen LogP contribution in [0.25, 0.3) is 0 Å². The van der Waals surface area contributed by atoms with E-state index in [2.05, 4.69) is 13.8 Å². The van der Waals surface area contributed by atoms with Gasteiger partial charge in [-0.1, -0.05) is 34.1 Å². The van der Waals surface area contributed by atoms with Crippen molar-refractivity contribution in [2.24, 2.45) is 0 Å². The molecule has 2 nitrogen and oxygen atoms in total. The van der Waals surface area contributed by atoms with Gasteiger partial charge in [-0.15, -0.1) is 0 Å². The van der Waals surface area contributed by atoms with Crippen molar-refractivity contribution in [3.05, 3.63) is 0 Å². The molecule has 0 aromatic heterocycles. The van der Waals surface area contributed by atoms with Crippen LogP contribution >= 0.6 is 9.03 Å². The van der Waals surface area contributed by atoms with Crippen molar-refractivity contribution in [1.29, 1.82) is 0 Å². The first kappa shape index (κ1) is 14.9. The molecule has 0 aliphatic rings. The third-order valence-corrected chi connectivity index (χ3v) is 1.96. The highest BCUT2D eigenvalue weighted by molar-refractivity contribution is 7.26. The summed E-state index contributed by atoms with van der Waals surface area (Å²) in [7, 11) is 0.252. The van der Waals surface area contributed by atoms with E-state index in [4.69, 9.17) is 9.05 Å². The van der Waals surface area contributed by atoms with Crippen LogP contribution in [0, 0.1) is 0 Å². The van der Waals surface area contributed by atoms with Crippen molar-refractivity contribution >= 4 is 9.03 Å². The Hall–Kier alpha value is 0.350. The van der Waals surface area contributed by atoms with Gasteiger partial charge in [0.15, 0.2) is 9.03 Å². The zero-order valence-corrected chi connectivity index (χ0v) is 8.56. The molecular formula is C9H23O2P. The summed E-state index contributed by atoms with van der Waals surface area (Å²) in [6, 6.07) is 0. The Bertz CT molecular complexity index is 61.5. The SMILES string of the molecule is C.CCCCOPOCCCC. The standard InChI is InChI=1S/C8H19O2P.CH4/c1-3-5-7-9-11-10-8-6-4-2;/h11H,3-8H2,1-2H3;1H4. The lowest BCUT2D eigenvalue weighted by molar-refractivity contribution is 0.260. The van der Waals surface area contributed by atoms with Crippen LogP contribution in [0.4, 0.5) is 0 Å². The quantitative estimate of drug-likeness (QED) is 0.432. The van der Waals surface area contributed by atoms with Gasteiger partial charge >= 0.3 is 0 Å². The number of rotatable bonds is 8. The van der Waals surface area contributed by atoms with Gasteiger partial charge in [0.05, 0.1) is 13.2 Å². The second-order valence-electron chi connectivity index (χ2n) is 2.49. The van der Waals surface area contributed by atoms with Crippen LogP contribution in [-0.4, -0.2) is 13.2 Å². The molecule has 0 fully saturated rings. The summed E-state index contributed by atoms with van der Waals surface area (Å²) in [5.41, 5.74) is 0. The largest absolute Gasteiger partial charge is 0.336 e. The van der Waals surface area contributed by atoms with E-state index in [1.807, 2.05) is 0 Å². The van der Waals surface area contributed by atoms with E-state index in [0.29, 0.717) is 0 Å². The lowest BCUT2D eigenvalue weighted by Gasteiger charge is -2.02. The van der Waals surface area contributed by atoms with E-state index in [-0.39, 0.29) is 16.5 Å². The van der Waals surface area contributed by atoms with Gasteiger partial charge in [-0.3, -0.25) is 0 Å². The second-order valence-corrected chi connectivity index (χ2v) is 3.23. The maximum Gasteiger partial charge on any atom is 0.155 e. The Morgan fingerprint density at radius 1 is 0.917 bits per heavy atom. The summed E-state index contributed by atoms with van der Waals surface area (Å²) in [5.74, 6) is 0. The molecular weight excluding hydrogens is 171 g/mol. The molecule has 0 rings (SSSR count). The van der Waals surface area contributed by atoms with Crippen molar-refractivity contribution in [3.8, 4) is 0 Å². The second kappa shape index (κ2) is 13.9. The van der Waals surface area contributed by atoms with E-state index >= 15 is 0 Å². The van der Waals surface area contributed by atoms with Gasteiger partial charge in [0, 0.05) is 0 Å². The average Bonchev–Trinajstić information content (AvgIpc) is 2.03. The van der Waals surface area contributed by atoms with Crippen LogP contribution < -0.4 is 0 Å². The third-order valence-electron chi connectivity index (χ3n) is 1.32. The van der Waals surface area contributed by atoms with Gasteiger partial charge < -0.3 is 9.05 Å². The van der Waals surface area contributed by atoms with E-state index in [0.717, 1.165) is 26.1 Å². The highest BCUT2D eigenvalue weighted by Gasteiger charge is 1.87. The molecule has 0 N–H and O–H groups in total. The zero-order valence-electron chi connectivity index (χ0n) is 7.56. The monoisotopic (exact) mass is 194 g/mol. The Morgan fingerprint density at radius 3 is 1.67 bits per heavy atom. The molecule has 0 unspecified atom stereocenters. The topological polar surface area (TPSA) is 18.5 Å². The molecule has 0 heterocycles. The normalized spacial score (nSPS) is 9.50. The third kappa shape index (κ3) is 13.0. The van der Waals surface area contributed by atoms with Crippen molar-refractivity contribution in [3.63, 3.8) is 0 Å². The summed E-state index contributed by atoms with van der Waals surface area (Å²) >= 11 is 0. The number of hydrogen-bond acceptors (Lipinski definition) is 2. The molecule has 0 amide bonds. The number of unbranched alkanes of at least 4 members (excludes halogenated alkanes) is 2. The van der Waals surface area contributed by atoms with Gasteiger partial charge in [0.1, 0.15) is 0 Å². The van der Waals surface area contributed by atoms with E-state index in [9.17, 15) is 0 Å². The summed E-state index contributed by atoms with van der Waals surface area (Å²) in [5, 5.41) is 0. The van der Waals surface area contributed by atoms with Gasteiger partial charge in [-0.25, -0.2) is 0 Å². The smallest absolute Gasteiger partial charge is 0.155 e. The Labute approximate surface area is 79.0 Å². The molecule has 0 spiro atoms. The van der Waals surface area contributed by atoms with Crippen LogP contribution in [-0.2, 0) is 9.05 Å². The molecule has 76 valence electrons. The van der Waals surface area contributed by atoms with Crippen molar-refractivity contribution in [2.75, 3.05) is 13.2 Å².